The Bertz CT molecular complexity index is 1510. The first-order valence-corrected chi connectivity index (χ1v) is 14.3. The van der Waals surface area contributed by atoms with E-state index < -0.39 is 0 Å². The molecule has 1 N–H and O–H groups in total. The number of allylic oxidation sites excluding steroid dienone is 2. The van der Waals surface area contributed by atoms with Crippen molar-refractivity contribution < 1.29 is 34.4 Å². The van der Waals surface area contributed by atoms with Crippen LogP contribution in [0.15, 0.2) is 66.6 Å². The zero-order valence-corrected chi connectivity index (χ0v) is 28.0. The molecule has 1 aromatic heterocycles. The minimum Gasteiger partial charge on any atom is -0.512 e. The van der Waals surface area contributed by atoms with E-state index in [0.717, 1.165) is 64.0 Å². The summed E-state index contributed by atoms with van der Waals surface area (Å²) in [6, 6.07) is 18.5. The molecule has 0 fully saturated rings. The van der Waals surface area contributed by atoms with E-state index >= 15 is 0 Å². The minimum absolute atomic E-state index is 0. The van der Waals surface area contributed by atoms with Gasteiger partial charge in [-0.2, -0.15) is 0 Å². The number of aryl methyl sites for hydroxylation is 2. The third-order valence-corrected chi connectivity index (χ3v) is 8.71. The van der Waals surface area contributed by atoms with Gasteiger partial charge in [0.1, 0.15) is 11.6 Å². The van der Waals surface area contributed by atoms with Gasteiger partial charge in [0.05, 0.1) is 0 Å². The molecule has 0 atom stereocenters. The fraction of sp³-hybridized carbons (Fsp3) is 0.389. The van der Waals surface area contributed by atoms with Gasteiger partial charge in [0.2, 0.25) is 0 Å². The number of carbonyl (C=O) groups excluding carboxylic acids is 1. The molecular formula is C36H43FIrNO2-. The quantitative estimate of drug-likeness (QED) is 0.0850. The second-order valence-electron chi connectivity index (χ2n) is 11.4. The summed E-state index contributed by atoms with van der Waals surface area (Å²) < 4.78 is 13.5. The Balaban J connectivity index is 0.000000296. The number of hydrogen-bond acceptors (Lipinski definition) is 3. The van der Waals surface area contributed by atoms with Crippen LogP contribution >= 0.6 is 0 Å². The van der Waals surface area contributed by atoms with Crippen LogP contribution in [0.25, 0.3) is 32.8 Å². The topological polar surface area (TPSA) is 50.2 Å². The maximum Gasteiger partial charge on any atom is 0.164 e. The van der Waals surface area contributed by atoms with Gasteiger partial charge in [-0.25, -0.2) is 4.39 Å². The van der Waals surface area contributed by atoms with Crippen molar-refractivity contribution in [2.75, 3.05) is 0 Å². The average Bonchev–Trinajstić information content (AvgIpc) is 2.95. The molecule has 3 aromatic carbocycles. The Morgan fingerprint density at radius 3 is 2.07 bits per heavy atom. The molecular weight excluding hydrogens is 690 g/mol. The van der Waals surface area contributed by atoms with Crippen LogP contribution < -0.4 is 0 Å². The van der Waals surface area contributed by atoms with Gasteiger partial charge in [0.25, 0.3) is 0 Å². The van der Waals surface area contributed by atoms with Crippen LogP contribution in [0.3, 0.4) is 0 Å². The number of rotatable bonds is 8. The molecule has 3 nitrogen and oxygen atoms in total. The molecule has 0 amide bonds. The van der Waals surface area contributed by atoms with Crippen LogP contribution in [-0.2, 0) is 24.9 Å². The fourth-order valence-corrected chi connectivity index (χ4v) is 4.79. The number of fused-ring (bicyclic) bond motifs is 3. The maximum absolute atomic E-state index is 13.5. The minimum atomic E-state index is -0.337. The van der Waals surface area contributed by atoms with Crippen LogP contribution in [-0.4, -0.2) is 15.9 Å². The molecule has 0 aliphatic heterocycles. The van der Waals surface area contributed by atoms with Gasteiger partial charge in [0, 0.05) is 43.2 Å². The summed E-state index contributed by atoms with van der Waals surface area (Å²) in [5, 5.41) is 14.2. The standard InChI is InChI=1S/C21H15FN.C15H28O2.Ir/c1-13-7-14(2)9-17(8-13)21-11-20-16(12-23-21)4-3-15-10-18(22)5-6-19(15)20;1-7-14(5,8-2)12(16)11-13(17)15(6,9-3)10-4;/h3-8,10-12H,1-2H3;11,16H,7-10H2,1-6H3;/q-1;;. The summed E-state index contributed by atoms with van der Waals surface area (Å²) in [6.07, 6.45) is 6.63. The van der Waals surface area contributed by atoms with Gasteiger partial charge < -0.3 is 10.1 Å². The molecule has 1 heterocycles. The fourth-order valence-electron chi connectivity index (χ4n) is 4.79. The van der Waals surface area contributed by atoms with Crippen LogP contribution in [0.1, 0.15) is 78.4 Å². The molecule has 4 aromatic rings. The van der Waals surface area contributed by atoms with Crippen molar-refractivity contribution in [3.05, 3.63) is 89.6 Å². The summed E-state index contributed by atoms with van der Waals surface area (Å²) in [5.41, 5.74) is 3.57. The second-order valence-corrected chi connectivity index (χ2v) is 11.4. The average molecular weight is 733 g/mol. The first-order chi connectivity index (χ1) is 18.9. The second kappa shape index (κ2) is 14.3. The number of pyridine rings is 1. The molecule has 0 spiro atoms. The Morgan fingerprint density at radius 1 is 0.878 bits per heavy atom. The van der Waals surface area contributed by atoms with E-state index in [4.69, 9.17) is 0 Å². The zero-order chi connectivity index (χ0) is 29.7. The van der Waals surface area contributed by atoms with Crippen molar-refractivity contribution in [3.8, 4) is 11.3 Å². The third kappa shape index (κ3) is 7.90. The van der Waals surface area contributed by atoms with Crippen molar-refractivity contribution in [1.82, 2.24) is 4.98 Å². The van der Waals surface area contributed by atoms with E-state index in [2.05, 4.69) is 36.2 Å². The van der Waals surface area contributed by atoms with Crippen molar-refractivity contribution >= 4 is 27.3 Å². The Morgan fingerprint density at radius 2 is 1.49 bits per heavy atom. The molecule has 5 heteroatoms. The van der Waals surface area contributed by atoms with Crippen LogP contribution in [0.4, 0.5) is 4.39 Å². The Kier molecular flexibility index (Phi) is 12.0. The maximum atomic E-state index is 13.5. The van der Waals surface area contributed by atoms with E-state index in [1.807, 2.05) is 72.9 Å². The summed E-state index contributed by atoms with van der Waals surface area (Å²) >= 11 is 0. The number of nitrogens with zero attached hydrogens (tertiary/aromatic N) is 1. The van der Waals surface area contributed by atoms with Gasteiger partial charge in [-0.05, 0) is 65.1 Å². The molecule has 4 rings (SSSR count). The first kappa shape index (κ1) is 34.3. The van der Waals surface area contributed by atoms with Crippen LogP contribution in [0.5, 0.6) is 0 Å². The smallest absolute Gasteiger partial charge is 0.164 e. The van der Waals surface area contributed by atoms with Gasteiger partial charge in [-0.15, -0.1) is 34.9 Å². The Labute approximate surface area is 258 Å². The Hall–Kier alpha value is -2.88. The number of ketones is 1. The molecule has 0 saturated heterocycles. The molecule has 0 unspecified atom stereocenters. The summed E-state index contributed by atoms with van der Waals surface area (Å²) in [7, 11) is 0. The number of benzene rings is 3. The van der Waals surface area contributed by atoms with Crippen molar-refractivity contribution in [2.24, 2.45) is 10.8 Å². The molecule has 41 heavy (non-hydrogen) atoms. The van der Waals surface area contributed by atoms with Gasteiger partial charge >= 0.3 is 0 Å². The SMILES string of the molecule is CCC(C)(CC)C(=O)C=C(O)C(C)(CC)CC.Cc1[c-]c(-c2cc3c(ccc4cc(F)ccc43)cn2)cc(C)c1.[Ir]. The van der Waals surface area contributed by atoms with Crippen molar-refractivity contribution in [2.45, 2.75) is 81.1 Å². The predicted octanol–water partition coefficient (Wildman–Crippen LogP) is 10.3. The molecule has 0 aliphatic rings. The summed E-state index contributed by atoms with van der Waals surface area (Å²) in [4.78, 5) is 16.8. The molecule has 0 saturated carbocycles. The number of halogens is 1. The monoisotopic (exact) mass is 733 g/mol. The van der Waals surface area contributed by atoms with Crippen molar-refractivity contribution in [1.29, 1.82) is 0 Å². The predicted molar refractivity (Wildman–Crippen MR) is 166 cm³/mol. The van der Waals surface area contributed by atoms with Gasteiger partial charge in [-0.3, -0.25) is 4.79 Å². The molecule has 221 valence electrons. The molecule has 0 aliphatic carbocycles. The van der Waals surface area contributed by atoms with Crippen LogP contribution in [0.2, 0.25) is 0 Å². The summed E-state index contributed by atoms with van der Waals surface area (Å²) in [5.74, 6) is 0.0718. The van der Waals surface area contributed by atoms with E-state index in [0.29, 0.717) is 0 Å². The van der Waals surface area contributed by atoms with E-state index in [9.17, 15) is 14.3 Å². The number of aliphatic hydroxyl groups is 1. The van der Waals surface area contributed by atoms with Crippen LogP contribution in [0, 0.1) is 36.6 Å². The van der Waals surface area contributed by atoms with Crippen molar-refractivity contribution in [3.63, 3.8) is 0 Å². The van der Waals surface area contributed by atoms with Gasteiger partial charge in [-0.1, -0.05) is 79.7 Å². The van der Waals surface area contributed by atoms with Gasteiger partial charge in [0.15, 0.2) is 5.78 Å². The summed E-state index contributed by atoms with van der Waals surface area (Å²) in [6.45, 7) is 16.2. The number of aromatic nitrogens is 1. The first-order valence-electron chi connectivity index (χ1n) is 14.3. The van der Waals surface area contributed by atoms with E-state index in [1.54, 1.807) is 6.07 Å². The number of hydrogen-bond donors (Lipinski definition) is 1. The molecule has 0 bridgehead atoms. The number of aliphatic hydroxyl groups excluding tert-OH is 1. The zero-order valence-electron chi connectivity index (χ0n) is 25.6. The number of carbonyl (C=O) groups is 1. The molecule has 1 radical (unpaired) electrons. The van der Waals surface area contributed by atoms with E-state index in [-0.39, 0.29) is 48.3 Å². The van der Waals surface area contributed by atoms with E-state index in [1.165, 1.54) is 17.7 Å². The normalized spacial score (nSPS) is 12.1. The third-order valence-electron chi connectivity index (χ3n) is 8.71. The largest absolute Gasteiger partial charge is 0.512 e.